The van der Waals surface area contributed by atoms with Gasteiger partial charge in [0, 0.05) is 58.9 Å². The highest BCUT2D eigenvalue weighted by atomic mass is 16.7. The van der Waals surface area contributed by atoms with Crippen LogP contribution < -0.4 is 24.3 Å². The lowest BCUT2D eigenvalue weighted by molar-refractivity contribution is -0.128. The summed E-state index contributed by atoms with van der Waals surface area (Å²) in [6, 6.07) is 11.9. The second-order valence-corrected chi connectivity index (χ2v) is 10.7. The minimum atomic E-state index is -0.0598. The Hall–Kier alpha value is -3.01. The number of likely N-dealkylation sites (tertiary alicyclic amines) is 1. The summed E-state index contributed by atoms with van der Waals surface area (Å²) in [5.74, 6) is 3.44. The molecule has 3 aliphatic heterocycles. The number of fused-ring (bicyclic) bond motifs is 1. The summed E-state index contributed by atoms with van der Waals surface area (Å²) in [6.45, 7) is 8.61. The van der Waals surface area contributed by atoms with Crippen LogP contribution in [0, 0.1) is 11.8 Å². The van der Waals surface area contributed by atoms with Crippen molar-refractivity contribution in [3.05, 3.63) is 47.5 Å². The highest BCUT2D eigenvalue weighted by Gasteiger charge is 2.33. The Morgan fingerprint density at radius 1 is 0.921 bits per heavy atom. The topological polar surface area (TPSA) is 75.7 Å². The zero-order valence-electron chi connectivity index (χ0n) is 22.8. The van der Waals surface area contributed by atoms with Gasteiger partial charge in [-0.25, -0.2) is 0 Å². The number of hydrogen-bond acceptors (Lipinski definition) is 8. The largest absolute Gasteiger partial charge is 0.493 e. The summed E-state index contributed by atoms with van der Waals surface area (Å²) in [5.41, 5.74) is 2.16. The SMILES string of the molecule is COc1ccc(CN2C[C@@H](CN3CCN(C)CC3)C[C@@H](C(=O)NCc3ccc4c(c3)OCO4)C2)cc1OC. The first-order valence-corrected chi connectivity index (χ1v) is 13.5. The molecule has 0 spiro atoms. The van der Waals surface area contributed by atoms with Crippen molar-refractivity contribution in [3.63, 3.8) is 0 Å². The normalized spacial score (nSPS) is 22.3. The number of nitrogens with zero attached hydrogens (tertiary/aromatic N) is 3. The average Bonchev–Trinajstić information content (AvgIpc) is 3.41. The van der Waals surface area contributed by atoms with Gasteiger partial charge in [0.25, 0.3) is 0 Å². The molecule has 3 aliphatic rings. The maximum absolute atomic E-state index is 13.4. The molecule has 9 nitrogen and oxygen atoms in total. The zero-order valence-corrected chi connectivity index (χ0v) is 22.8. The van der Waals surface area contributed by atoms with Crippen molar-refractivity contribution in [2.75, 3.05) is 73.9 Å². The third-order valence-electron chi connectivity index (χ3n) is 7.85. The number of piperidine rings is 1. The molecule has 2 atom stereocenters. The third-order valence-corrected chi connectivity index (χ3v) is 7.85. The molecule has 1 N–H and O–H groups in total. The molecule has 206 valence electrons. The number of methoxy groups -OCH3 is 2. The van der Waals surface area contributed by atoms with Crippen LogP contribution in [0.3, 0.4) is 0 Å². The highest BCUT2D eigenvalue weighted by Crippen LogP contribution is 2.33. The molecule has 38 heavy (non-hydrogen) atoms. The fourth-order valence-corrected chi connectivity index (χ4v) is 5.77. The molecule has 9 heteroatoms. The highest BCUT2D eigenvalue weighted by molar-refractivity contribution is 5.79. The van der Waals surface area contributed by atoms with E-state index in [4.69, 9.17) is 18.9 Å². The molecule has 0 unspecified atom stereocenters. The van der Waals surface area contributed by atoms with E-state index in [2.05, 4.69) is 33.1 Å². The molecule has 2 fully saturated rings. The Morgan fingerprint density at radius 3 is 2.47 bits per heavy atom. The summed E-state index contributed by atoms with van der Waals surface area (Å²) in [7, 11) is 5.50. The Morgan fingerprint density at radius 2 is 1.68 bits per heavy atom. The van der Waals surface area contributed by atoms with Gasteiger partial charge in [-0.2, -0.15) is 0 Å². The first-order valence-electron chi connectivity index (χ1n) is 13.5. The van der Waals surface area contributed by atoms with E-state index in [0.29, 0.717) is 12.5 Å². The molecule has 1 amide bonds. The lowest BCUT2D eigenvalue weighted by atomic mass is 9.87. The van der Waals surface area contributed by atoms with Crippen LogP contribution in [-0.4, -0.2) is 94.5 Å². The molecule has 0 radical (unpaired) electrons. The van der Waals surface area contributed by atoms with Crippen molar-refractivity contribution in [1.82, 2.24) is 20.0 Å². The number of hydrogen-bond donors (Lipinski definition) is 1. The zero-order chi connectivity index (χ0) is 26.5. The lowest BCUT2D eigenvalue weighted by Crippen LogP contribution is -2.51. The molecule has 2 saturated heterocycles. The third kappa shape index (κ3) is 6.51. The van der Waals surface area contributed by atoms with Crippen molar-refractivity contribution < 1.29 is 23.7 Å². The van der Waals surface area contributed by atoms with Crippen LogP contribution >= 0.6 is 0 Å². The molecule has 0 aromatic heterocycles. The molecule has 2 aromatic carbocycles. The predicted molar refractivity (Wildman–Crippen MR) is 145 cm³/mol. The van der Waals surface area contributed by atoms with Crippen molar-refractivity contribution >= 4 is 5.91 Å². The minimum Gasteiger partial charge on any atom is -0.493 e. The molecular weight excluding hydrogens is 484 g/mol. The Balaban J connectivity index is 1.25. The van der Waals surface area contributed by atoms with Gasteiger partial charge in [-0.15, -0.1) is 0 Å². The molecule has 2 aromatic rings. The fraction of sp³-hybridized carbons (Fsp3) is 0.552. The van der Waals surface area contributed by atoms with E-state index in [1.807, 2.05) is 30.3 Å². The van der Waals surface area contributed by atoms with Crippen LogP contribution in [0.25, 0.3) is 0 Å². The summed E-state index contributed by atoms with van der Waals surface area (Å²) < 4.78 is 21.8. The van der Waals surface area contributed by atoms with Crippen LogP contribution in [0.15, 0.2) is 36.4 Å². The maximum atomic E-state index is 13.4. The monoisotopic (exact) mass is 524 g/mol. The molecule has 5 rings (SSSR count). The number of carbonyl (C=O) groups is 1. The quantitative estimate of drug-likeness (QED) is 0.536. The van der Waals surface area contributed by atoms with Crippen molar-refractivity contribution in [2.45, 2.75) is 19.5 Å². The van der Waals surface area contributed by atoms with Gasteiger partial charge in [0.05, 0.1) is 20.1 Å². The summed E-state index contributed by atoms with van der Waals surface area (Å²) in [5, 5.41) is 3.19. The molecule has 0 bridgehead atoms. The number of ether oxygens (including phenoxy) is 4. The van der Waals surface area contributed by atoms with Crippen molar-refractivity contribution in [3.8, 4) is 23.0 Å². The van der Waals surface area contributed by atoms with Crippen molar-refractivity contribution in [1.29, 1.82) is 0 Å². The van der Waals surface area contributed by atoms with Crippen LogP contribution in [0.2, 0.25) is 0 Å². The number of nitrogens with one attached hydrogen (secondary N) is 1. The van der Waals surface area contributed by atoms with Crippen LogP contribution in [-0.2, 0) is 17.9 Å². The molecular formula is C29H40N4O5. The van der Waals surface area contributed by atoms with E-state index in [1.165, 1.54) is 0 Å². The van der Waals surface area contributed by atoms with Gasteiger partial charge in [-0.3, -0.25) is 9.69 Å². The second kappa shape index (κ2) is 12.2. The average molecular weight is 525 g/mol. The number of amides is 1. The Bertz CT molecular complexity index is 1100. The standard InChI is InChI=1S/C29H40N4O5/c1-31-8-10-32(11-9-31)17-23-12-24(29(34)30-15-21-4-7-26-28(13-21)38-20-37-26)19-33(18-23)16-22-5-6-25(35-2)27(14-22)36-3/h4-7,13-14,23-24H,8-12,15-20H2,1-3H3,(H,30,34)/t23-,24-/m1/s1. The molecule has 0 aliphatic carbocycles. The van der Waals surface area contributed by atoms with Gasteiger partial charge >= 0.3 is 0 Å². The molecule has 3 heterocycles. The van der Waals surface area contributed by atoms with Gasteiger partial charge in [0.2, 0.25) is 12.7 Å². The number of benzene rings is 2. The Kier molecular flexibility index (Phi) is 8.56. The lowest BCUT2D eigenvalue weighted by Gasteiger charge is -2.41. The van der Waals surface area contributed by atoms with Gasteiger partial charge in [0.1, 0.15) is 0 Å². The van der Waals surface area contributed by atoms with Crippen LogP contribution in [0.5, 0.6) is 23.0 Å². The predicted octanol–water partition coefficient (Wildman–Crippen LogP) is 2.43. The van der Waals surface area contributed by atoms with Gasteiger partial charge < -0.3 is 34.1 Å². The van der Waals surface area contributed by atoms with E-state index in [0.717, 1.165) is 92.9 Å². The summed E-state index contributed by atoms with van der Waals surface area (Å²) in [6.07, 6.45) is 0.905. The summed E-state index contributed by atoms with van der Waals surface area (Å²) in [4.78, 5) is 20.8. The number of rotatable bonds is 9. The second-order valence-electron chi connectivity index (χ2n) is 10.7. The number of likely N-dealkylation sites (N-methyl/N-ethyl adjacent to an activating group) is 1. The number of piperazine rings is 1. The Labute approximate surface area is 225 Å². The summed E-state index contributed by atoms with van der Waals surface area (Å²) >= 11 is 0. The van der Waals surface area contributed by atoms with E-state index >= 15 is 0 Å². The van der Waals surface area contributed by atoms with E-state index in [1.54, 1.807) is 14.2 Å². The van der Waals surface area contributed by atoms with Gasteiger partial charge in [-0.1, -0.05) is 12.1 Å². The van der Waals surface area contributed by atoms with Gasteiger partial charge in [0.15, 0.2) is 23.0 Å². The maximum Gasteiger partial charge on any atom is 0.231 e. The number of carbonyl (C=O) groups excluding carboxylic acids is 1. The van der Waals surface area contributed by atoms with E-state index < -0.39 is 0 Å². The molecule has 0 saturated carbocycles. The van der Waals surface area contributed by atoms with Gasteiger partial charge in [-0.05, 0) is 54.8 Å². The van der Waals surface area contributed by atoms with Crippen molar-refractivity contribution in [2.24, 2.45) is 11.8 Å². The van der Waals surface area contributed by atoms with E-state index in [-0.39, 0.29) is 18.6 Å². The first kappa shape index (κ1) is 26.6. The minimum absolute atomic E-state index is 0.0598. The fourth-order valence-electron chi connectivity index (χ4n) is 5.77. The van der Waals surface area contributed by atoms with E-state index in [9.17, 15) is 4.79 Å². The first-order chi connectivity index (χ1) is 18.5. The smallest absolute Gasteiger partial charge is 0.231 e. The van der Waals surface area contributed by atoms with Crippen LogP contribution in [0.4, 0.5) is 0 Å². The van der Waals surface area contributed by atoms with Crippen LogP contribution in [0.1, 0.15) is 17.5 Å².